The number of hydrogen-bond acceptors (Lipinski definition) is 5. The van der Waals surface area contributed by atoms with Gasteiger partial charge in [-0.2, -0.15) is 0 Å². The molecule has 2 heterocycles. The molecule has 0 saturated heterocycles. The highest BCUT2D eigenvalue weighted by Crippen LogP contribution is 2.39. The van der Waals surface area contributed by atoms with E-state index in [0.29, 0.717) is 22.1 Å². The smallest absolute Gasteiger partial charge is 0.291 e. The molecule has 3 aromatic carbocycles. The van der Waals surface area contributed by atoms with Crippen LogP contribution < -0.4 is 5.43 Å². The first-order chi connectivity index (χ1) is 15.4. The van der Waals surface area contributed by atoms with E-state index in [2.05, 4.69) is 0 Å². The van der Waals surface area contributed by atoms with Crippen molar-refractivity contribution in [3.8, 4) is 0 Å². The Hall–Kier alpha value is -4.33. The molecule has 1 aliphatic rings. The van der Waals surface area contributed by atoms with Crippen molar-refractivity contribution in [2.75, 3.05) is 0 Å². The Balaban J connectivity index is 1.69. The number of rotatable bonds is 4. The highest BCUT2D eigenvalue weighted by Gasteiger charge is 2.42. The van der Waals surface area contributed by atoms with Crippen LogP contribution in [-0.4, -0.2) is 15.7 Å². The number of carbonyl (C=O) groups excluding carboxylic acids is 1. The zero-order valence-corrected chi connectivity index (χ0v) is 16.5. The third-order valence-electron chi connectivity index (χ3n) is 5.56. The molecule has 4 aromatic rings. The Morgan fingerprint density at radius 1 is 0.969 bits per heavy atom. The normalized spacial score (nSPS) is 15.2. The van der Waals surface area contributed by atoms with Crippen molar-refractivity contribution in [2.24, 2.45) is 0 Å². The van der Waals surface area contributed by atoms with Gasteiger partial charge in [0.1, 0.15) is 11.4 Å². The van der Waals surface area contributed by atoms with Crippen molar-refractivity contribution in [3.63, 3.8) is 0 Å². The molecule has 0 aliphatic carbocycles. The summed E-state index contributed by atoms with van der Waals surface area (Å²) in [6.07, 6.45) is 0. The summed E-state index contributed by atoms with van der Waals surface area (Å²) >= 11 is 0. The minimum absolute atomic E-state index is 0.0563. The van der Waals surface area contributed by atoms with E-state index in [1.54, 1.807) is 36.4 Å². The number of halogens is 1. The average molecular weight is 430 g/mol. The van der Waals surface area contributed by atoms with Crippen molar-refractivity contribution < 1.29 is 18.5 Å². The van der Waals surface area contributed by atoms with Gasteiger partial charge in [-0.15, -0.1) is 0 Å². The summed E-state index contributed by atoms with van der Waals surface area (Å²) in [6, 6.07) is 17.3. The monoisotopic (exact) mass is 430 g/mol. The highest BCUT2D eigenvalue weighted by atomic mass is 19.1. The lowest BCUT2D eigenvalue weighted by Gasteiger charge is -2.25. The molecule has 32 heavy (non-hydrogen) atoms. The zero-order chi connectivity index (χ0) is 22.4. The topological polar surface area (TPSA) is 93.7 Å². The quantitative estimate of drug-likeness (QED) is 0.349. The molecule has 0 bridgehead atoms. The van der Waals surface area contributed by atoms with Gasteiger partial charge in [-0.1, -0.05) is 24.3 Å². The van der Waals surface area contributed by atoms with Gasteiger partial charge in [0.15, 0.2) is 5.43 Å². The zero-order valence-electron chi connectivity index (χ0n) is 16.5. The van der Waals surface area contributed by atoms with Crippen molar-refractivity contribution in [3.05, 3.63) is 121 Å². The van der Waals surface area contributed by atoms with E-state index < -0.39 is 22.7 Å². The minimum atomic E-state index is -0.802. The van der Waals surface area contributed by atoms with Crippen LogP contribution in [0.15, 0.2) is 82.0 Å². The SMILES string of the molecule is O=C1c2oc3ccccc3c(=O)c2C(c2ccc([N+](=O)[O-])cc2)N1Cc1ccc(F)cc1. The number of fused-ring (bicyclic) bond motifs is 2. The number of amides is 1. The number of benzene rings is 3. The van der Waals surface area contributed by atoms with Crippen LogP contribution >= 0.6 is 0 Å². The van der Waals surface area contributed by atoms with Crippen LogP contribution in [-0.2, 0) is 6.54 Å². The molecule has 1 aliphatic heterocycles. The molecule has 0 fully saturated rings. The number of carbonyl (C=O) groups is 1. The van der Waals surface area contributed by atoms with Gasteiger partial charge in [0.05, 0.1) is 21.9 Å². The Labute approximate surface area is 180 Å². The Morgan fingerprint density at radius 3 is 2.34 bits per heavy atom. The molecule has 0 spiro atoms. The van der Waals surface area contributed by atoms with E-state index in [1.807, 2.05) is 0 Å². The number of non-ortho nitro benzene ring substituents is 1. The molecule has 1 atom stereocenters. The van der Waals surface area contributed by atoms with Crippen molar-refractivity contribution >= 4 is 22.6 Å². The second-order valence-corrected chi connectivity index (χ2v) is 7.48. The summed E-state index contributed by atoms with van der Waals surface area (Å²) in [5.74, 6) is -0.936. The molecule has 0 N–H and O–H groups in total. The Morgan fingerprint density at radius 2 is 1.66 bits per heavy atom. The van der Waals surface area contributed by atoms with E-state index in [1.165, 1.54) is 41.3 Å². The summed E-state index contributed by atoms with van der Waals surface area (Å²) < 4.78 is 19.2. The van der Waals surface area contributed by atoms with Crippen molar-refractivity contribution in [1.29, 1.82) is 0 Å². The largest absolute Gasteiger partial charge is 0.450 e. The molecule has 8 heteroatoms. The second-order valence-electron chi connectivity index (χ2n) is 7.48. The molecule has 7 nitrogen and oxygen atoms in total. The van der Waals surface area contributed by atoms with Crippen LogP contribution in [0.25, 0.3) is 11.0 Å². The van der Waals surface area contributed by atoms with Crippen LogP contribution in [0.1, 0.15) is 33.3 Å². The predicted octanol–water partition coefficient (Wildman–Crippen LogP) is 4.59. The maximum atomic E-state index is 13.4. The van der Waals surface area contributed by atoms with E-state index in [4.69, 9.17) is 4.42 Å². The van der Waals surface area contributed by atoms with Crippen LogP contribution in [0.5, 0.6) is 0 Å². The number of hydrogen-bond donors (Lipinski definition) is 0. The number of nitro benzene ring substituents is 1. The minimum Gasteiger partial charge on any atom is -0.450 e. The summed E-state index contributed by atoms with van der Waals surface area (Å²) in [4.78, 5) is 38.7. The first-order valence-electron chi connectivity index (χ1n) is 9.79. The van der Waals surface area contributed by atoms with Gasteiger partial charge in [0, 0.05) is 18.7 Å². The average Bonchev–Trinajstić information content (AvgIpc) is 3.07. The van der Waals surface area contributed by atoms with Crippen LogP contribution in [0, 0.1) is 15.9 Å². The molecular formula is C24H15FN2O5. The fourth-order valence-electron chi connectivity index (χ4n) is 4.04. The van der Waals surface area contributed by atoms with Crippen LogP contribution in [0.4, 0.5) is 10.1 Å². The van der Waals surface area contributed by atoms with Crippen LogP contribution in [0.2, 0.25) is 0 Å². The lowest BCUT2D eigenvalue weighted by molar-refractivity contribution is -0.384. The summed E-state index contributed by atoms with van der Waals surface area (Å²) in [5.41, 5.74) is 1.25. The molecule has 1 aromatic heterocycles. The molecule has 1 unspecified atom stereocenters. The van der Waals surface area contributed by atoms with Gasteiger partial charge in [0.25, 0.3) is 11.6 Å². The fourth-order valence-corrected chi connectivity index (χ4v) is 4.04. The lowest BCUT2D eigenvalue weighted by Crippen LogP contribution is -2.29. The van der Waals surface area contributed by atoms with Crippen molar-refractivity contribution in [2.45, 2.75) is 12.6 Å². The first-order valence-corrected chi connectivity index (χ1v) is 9.79. The second kappa shape index (κ2) is 7.42. The van der Waals surface area contributed by atoms with E-state index in [-0.39, 0.29) is 29.0 Å². The predicted molar refractivity (Wildman–Crippen MR) is 114 cm³/mol. The number of para-hydroxylation sites is 1. The van der Waals surface area contributed by atoms with E-state index in [9.17, 15) is 24.1 Å². The van der Waals surface area contributed by atoms with Gasteiger partial charge in [0.2, 0.25) is 5.76 Å². The van der Waals surface area contributed by atoms with Crippen LogP contribution in [0.3, 0.4) is 0 Å². The molecule has 1 amide bonds. The highest BCUT2D eigenvalue weighted by molar-refractivity contribution is 5.99. The van der Waals surface area contributed by atoms with E-state index in [0.717, 1.165) is 0 Å². The van der Waals surface area contributed by atoms with Gasteiger partial charge >= 0.3 is 0 Å². The Kier molecular flexibility index (Phi) is 4.55. The molecule has 0 radical (unpaired) electrons. The number of nitrogens with zero attached hydrogens (tertiary/aromatic N) is 2. The Bertz CT molecular complexity index is 1430. The molecule has 158 valence electrons. The van der Waals surface area contributed by atoms with Gasteiger partial charge < -0.3 is 9.32 Å². The standard InChI is InChI=1S/C24H15FN2O5/c25-16-9-5-14(6-10-16)13-26-21(15-7-11-17(12-8-15)27(30)31)20-22(28)18-3-1-2-4-19(18)32-23(20)24(26)29/h1-12,21H,13H2. The summed E-state index contributed by atoms with van der Waals surface area (Å²) in [6.45, 7) is 0.0980. The van der Waals surface area contributed by atoms with Gasteiger partial charge in [-0.25, -0.2) is 4.39 Å². The first kappa shape index (κ1) is 19.6. The number of nitro groups is 1. The maximum absolute atomic E-state index is 13.4. The van der Waals surface area contributed by atoms with Crippen molar-refractivity contribution in [1.82, 2.24) is 4.90 Å². The lowest BCUT2D eigenvalue weighted by atomic mass is 9.98. The molecular weight excluding hydrogens is 415 g/mol. The van der Waals surface area contributed by atoms with Gasteiger partial charge in [-0.05, 0) is 47.5 Å². The molecule has 0 saturated carbocycles. The van der Waals surface area contributed by atoms with E-state index >= 15 is 0 Å². The maximum Gasteiger partial charge on any atom is 0.291 e. The van der Waals surface area contributed by atoms with Gasteiger partial charge in [-0.3, -0.25) is 19.7 Å². The summed E-state index contributed by atoms with van der Waals surface area (Å²) in [5, 5.41) is 11.4. The summed E-state index contributed by atoms with van der Waals surface area (Å²) in [7, 11) is 0. The third-order valence-corrected chi connectivity index (χ3v) is 5.56. The molecule has 5 rings (SSSR count). The fraction of sp³-hybridized carbons (Fsp3) is 0.0833. The third kappa shape index (κ3) is 3.13.